The first kappa shape index (κ1) is 9.77. The largest absolute Gasteiger partial charge is 0.446 e. The number of hydrogen-bond acceptors (Lipinski definition) is 3. The monoisotopic (exact) mass is 198 g/mol. The zero-order valence-electron chi connectivity index (χ0n) is 8.64. The molecule has 4 nitrogen and oxygen atoms in total. The van der Waals surface area contributed by atoms with Gasteiger partial charge in [0.1, 0.15) is 6.10 Å². The fourth-order valence-corrected chi connectivity index (χ4v) is 2.02. The van der Waals surface area contributed by atoms with Crippen molar-refractivity contribution in [2.45, 2.75) is 44.2 Å². The molecule has 1 amide bonds. The van der Waals surface area contributed by atoms with Crippen LogP contribution in [0.25, 0.3) is 0 Å². The minimum Gasteiger partial charge on any atom is -0.446 e. The van der Waals surface area contributed by atoms with Gasteiger partial charge in [0.05, 0.1) is 5.54 Å². The van der Waals surface area contributed by atoms with Gasteiger partial charge < -0.3 is 15.4 Å². The number of nitrogens with one attached hydrogen (secondary N) is 2. The van der Waals surface area contributed by atoms with Gasteiger partial charge in [-0.05, 0) is 32.6 Å². The molecule has 2 aliphatic rings. The quantitative estimate of drug-likeness (QED) is 0.696. The summed E-state index contributed by atoms with van der Waals surface area (Å²) < 4.78 is 5.31. The number of amides is 1. The van der Waals surface area contributed by atoms with E-state index >= 15 is 0 Å². The van der Waals surface area contributed by atoms with Crippen LogP contribution >= 0.6 is 0 Å². The van der Waals surface area contributed by atoms with Crippen LogP contribution < -0.4 is 10.6 Å². The lowest BCUT2D eigenvalue weighted by Crippen LogP contribution is -2.67. The second-order valence-corrected chi connectivity index (χ2v) is 4.60. The van der Waals surface area contributed by atoms with Crippen LogP contribution in [0.3, 0.4) is 0 Å². The summed E-state index contributed by atoms with van der Waals surface area (Å²) in [6.45, 7) is 3.71. The Morgan fingerprint density at radius 2 is 2.07 bits per heavy atom. The molecule has 1 saturated carbocycles. The highest BCUT2D eigenvalue weighted by Gasteiger charge is 2.34. The summed E-state index contributed by atoms with van der Waals surface area (Å²) in [7, 11) is 0. The first-order chi connectivity index (χ1) is 6.68. The van der Waals surface area contributed by atoms with E-state index in [1.807, 2.05) is 6.92 Å². The van der Waals surface area contributed by atoms with Crippen molar-refractivity contribution in [3.8, 4) is 0 Å². The van der Waals surface area contributed by atoms with E-state index in [1.165, 1.54) is 12.8 Å². The van der Waals surface area contributed by atoms with E-state index in [-0.39, 0.29) is 17.7 Å². The molecule has 2 fully saturated rings. The molecule has 1 aliphatic carbocycles. The van der Waals surface area contributed by atoms with Crippen molar-refractivity contribution in [2.24, 2.45) is 0 Å². The van der Waals surface area contributed by atoms with E-state index in [0.29, 0.717) is 0 Å². The van der Waals surface area contributed by atoms with Crippen molar-refractivity contribution in [1.29, 1.82) is 0 Å². The second kappa shape index (κ2) is 3.77. The number of hydrogen-bond donors (Lipinski definition) is 2. The summed E-state index contributed by atoms with van der Waals surface area (Å²) in [4.78, 5) is 11.4. The average Bonchev–Trinajstić information content (AvgIpc) is 2.53. The molecule has 0 aromatic heterocycles. The molecule has 0 unspecified atom stereocenters. The van der Waals surface area contributed by atoms with Crippen LogP contribution in [0.5, 0.6) is 0 Å². The third-order valence-corrected chi connectivity index (χ3v) is 3.01. The second-order valence-electron chi connectivity index (χ2n) is 4.60. The van der Waals surface area contributed by atoms with Crippen LogP contribution in [-0.4, -0.2) is 30.8 Å². The van der Waals surface area contributed by atoms with Crippen molar-refractivity contribution < 1.29 is 9.53 Å². The van der Waals surface area contributed by atoms with E-state index in [9.17, 15) is 4.79 Å². The van der Waals surface area contributed by atoms with Crippen molar-refractivity contribution in [3.05, 3.63) is 0 Å². The summed E-state index contributed by atoms with van der Waals surface area (Å²) >= 11 is 0. The number of alkyl carbamates (subject to hydrolysis) is 1. The molecule has 0 radical (unpaired) electrons. The molecule has 80 valence electrons. The number of carbonyl (C=O) groups excluding carboxylic acids is 1. The Labute approximate surface area is 84.4 Å². The van der Waals surface area contributed by atoms with Crippen LogP contribution in [0.1, 0.15) is 32.6 Å². The highest BCUT2D eigenvalue weighted by Crippen LogP contribution is 2.21. The molecule has 1 saturated heterocycles. The molecule has 0 atom stereocenters. The third kappa shape index (κ3) is 2.18. The van der Waals surface area contributed by atoms with Gasteiger partial charge in [-0.3, -0.25) is 0 Å². The lowest BCUT2D eigenvalue weighted by atomic mass is 9.96. The summed E-state index contributed by atoms with van der Waals surface area (Å²) in [6, 6.07) is 0. The maximum absolute atomic E-state index is 11.4. The van der Waals surface area contributed by atoms with Crippen LogP contribution in [0.4, 0.5) is 4.79 Å². The Bertz CT molecular complexity index is 220. The van der Waals surface area contributed by atoms with Crippen molar-refractivity contribution in [3.63, 3.8) is 0 Å². The maximum Gasteiger partial charge on any atom is 0.407 e. The van der Waals surface area contributed by atoms with Crippen LogP contribution in [0.15, 0.2) is 0 Å². The molecular weight excluding hydrogens is 180 g/mol. The first-order valence-electron chi connectivity index (χ1n) is 5.37. The van der Waals surface area contributed by atoms with Crippen molar-refractivity contribution in [2.75, 3.05) is 13.1 Å². The average molecular weight is 198 g/mol. The Balaban J connectivity index is 1.72. The van der Waals surface area contributed by atoms with E-state index in [2.05, 4.69) is 10.6 Å². The molecule has 2 rings (SSSR count). The fourth-order valence-electron chi connectivity index (χ4n) is 2.02. The highest BCUT2D eigenvalue weighted by molar-refractivity contribution is 5.68. The van der Waals surface area contributed by atoms with Crippen molar-refractivity contribution >= 4 is 6.09 Å². The van der Waals surface area contributed by atoms with E-state index in [0.717, 1.165) is 25.9 Å². The summed E-state index contributed by atoms with van der Waals surface area (Å²) in [5.41, 5.74) is -0.0876. The standard InChI is InChI=1S/C10H18N2O2/c1-10(6-11-7-10)12-9(13)14-8-4-2-3-5-8/h8,11H,2-7H2,1H3,(H,12,13). The zero-order chi connectivity index (χ0) is 10.0. The Morgan fingerprint density at radius 3 is 2.57 bits per heavy atom. The Kier molecular flexibility index (Phi) is 2.63. The lowest BCUT2D eigenvalue weighted by Gasteiger charge is -2.39. The highest BCUT2D eigenvalue weighted by atomic mass is 16.6. The van der Waals surface area contributed by atoms with E-state index < -0.39 is 0 Å². The van der Waals surface area contributed by atoms with Gasteiger partial charge in [-0.25, -0.2) is 4.79 Å². The topological polar surface area (TPSA) is 50.4 Å². The number of ether oxygens (including phenoxy) is 1. The zero-order valence-corrected chi connectivity index (χ0v) is 8.64. The SMILES string of the molecule is CC1(NC(=O)OC2CCCC2)CNC1. The predicted octanol–water partition coefficient (Wildman–Crippen LogP) is 1.02. The minimum atomic E-state index is -0.249. The molecule has 14 heavy (non-hydrogen) atoms. The number of rotatable bonds is 2. The molecule has 2 N–H and O–H groups in total. The summed E-state index contributed by atoms with van der Waals surface area (Å²) in [6.07, 6.45) is 4.35. The lowest BCUT2D eigenvalue weighted by molar-refractivity contribution is 0.0858. The molecule has 1 heterocycles. The molecular formula is C10H18N2O2. The molecule has 0 spiro atoms. The molecule has 4 heteroatoms. The van der Waals surface area contributed by atoms with Gasteiger partial charge in [0, 0.05) is 13.1 Å². The third-order valence-electron chi connectivity index (χ3n) is 3.01. The molecule has 0 aromatic carbocycles. The Morgan fingerprint density at radius 1 is 1.43 bits per heavy atom. The van der Waals surface area contributed by atoms with E-state index in [4.69, 9.17) is 4.74 Å². The molecule has 0 aromatic rings. The molecule has 1 aliphatic heterocycles. The van der Waals surface area contributed by atoms with Gasteiger partial charge in [-0.1, -0.05) is 0 Å². The van der Waals surface area contributed by atoms with E-state index in [1.54, 1.807) is 0 Å². The van der Waals surface area contributed by atoms with Gasteiger partial charge in [-0.2, -0.15) is 0 Å². The van der Waals surface area contributed by atoms with Crippen molar-refractivity contribution in [1.82, 2.24) is 10.6 Å². The normalized spacial score (nSPS) is 25.5. The summed E-state index contributed by atoms with van der Waals surface area (Å²) in [5.74, 6) is 0. The van der Waals surface area contributed by atoms with Crippen LogP contribution in [-0.2, 0) is 4.74 Å². The van der Waals surface area contributed by atoms with Gasteiger partial charge in [0.2, 0.25) is 0 Å². The van der Waals surface area contributed by atoms with Gasteiger partial charge >= 0.3 is 6.09 Å². The van der Waals surface area contributed by atoms with Crippen LogP contribution in [0, 0.1) is 0 Å². The Hall–Kier alpha value is -0.770. The smallest absolute Gasteiger partial charge is 0.407 e. The number of carbonyl (C=O) groups is 1. The summed E-state index contributed by atoms with van der Waals surface area (Å²) in [5, 5.41) is 6.03. The first-order valence-corrected chi connectivity index (χ1v) is 5.37. The van der Waals surface area contributed by atoms with Gasteiger partial charge in [0.15, 0.2) is 0 Å². The van der Waals surface area contributed by atoms with Gasteiger partial charge in [-0.15, -0.1) is 0 Å². The van der Waals surface area contributed by atoms with Gasteiger partial charge in [0.25, 0.3) is 0 Å². The van der Waals surface area contributed by atoms with Crippen LogP contribution in [0.2, 0.25) is 0 Å². The minimum absolute atomic E-state index is 0.0876. The predicted molar refractivity (Wildman–Crippen MR) is 53.1 cm³/mol. The fraction of sp³-hybridized carbons (Fsp3) is 0.900. The maximum atomic E-state index is 11.4. The molecule has 0 bridgehead atoms.